The molecule has 0 aliphatic carbocycles. The van der Waals surface area contributed by atoms with Gasteiger partial charge in [0.2, 0.25) is 0 Å². The van der Waals surface area contributed by atoms with E-state index in [0.717, 1.165) is 55.2 Å². The van der Waals surface area contributed by atoms with Crippen molar-refractivity contribution in [1.82, 2.24) is 0 Å². The highest BCUT2D eigenvalue weighted by molar-refractivity contribution is 5.82. The zero-order chi connectivity index (χ0) is 26.9. The lowest BCUT2D eigenvalue weighted by Gasteiger charge is -2.16. The molecule has 37 heavy (non-hydrogen) atoms. The largest absolute Gasteiger partial charge is 0.461 e. The van der Waals surface area contributed by atoms with Gasteiger partial charge < -0.3 is 9.84 Å². The van der Waals surface area contributed by atoms with Crippen molar-refractivity contribution in [1.29, 1.82) is 0 Å². The lowest BCUT2D eigenvalue weighted by Crippen LogP contribution is -2.17. The van der Waals surface area contributed by atoms with E-state index in [1.165, 1.54) is 16.7 Å². The van der Waals surface area contributed by atoms with Crippen LogP contribution in [0, 0.1) is 0 Å². The van der Waals surface area contributed by atoms with Crippen molar-refractivity contribution in [3.63, 3.8) is 0 Å². The van der Waals surface area contributed by atoms with Crippen molar-refractivity contribution in [3.8, 4) is 0 Å². The van der Waals surface area contributed by atoms with Crippen molar-refractivity contribution in [2.24, 2.45) is 0 Å². The monoisotopic (exact) mass is 500 g/mol. The van der Waals surface area contributed by atoms with Crippen molar-refractivity contribution >= 4 is 5.97 Å². The number of ether oxygens (including phenoxy) is 1. The Morgan fingerprint density at radius 3 is 1.78 bits per heavy atom. The maximum absolute atomic E-state index is 13.0. The first-order chi connectivity index (χ1) is 17.9. The van der Waals surface area contributed by atoms with E-state index in [4.69, 9.17) is 4.74 Å². The lowest BCUT2D eigenvalue weighted by atomic mass is 9.91. The fourth-order valence-corrected chi connectivity index (χ4v) is 4.15. The summed E-state index contributed by atoms with van der Waals surface area (Å²) < 4.78 is 5.67. The van der Waals surface area contributed by atoms with E-state index in [0.29, 0.717) is 0 Å². The molecule has 0 spiro atoms. The number of carbonyl (C=O) groups excluding carboxylic acids is 1. The van der Waals surface area contributed by atoms with Crippen molar-refractivity contribution < 1.29 is 14.6 Å². The summed E-state index contributed by atoms with van der Waals surface area (Å²) in [4.78, 5) is 13.0. The molecular weight excluding hydrogens is 456 g/mol. The van der Waals surface area contributed by atoms with Crippen LogP contribution < -0.4 is 0 Å². The van der Waals surface area contributed by atoms with E-state index in [1.54, 1.807) is 0 Å². The van der Waals surface area contributed by atoms with Gasteiger partial charge in [0.05, 0.1) is 6.61 Å². The van der Waals surface area contributed by atoms with Gasteiger partial charge in [-0.3, -0.25) is 4.79 Å². The summed E-state index contributed by atoms with van der Waals surface area (Å²) in [5.41, 5.74) is 6.89. The van der Waals surface area contributed by atoms with E-state index in [9.17, 15) is 9.90 Å². The number of rotatable bonds is 15. The summed E-state index contributed by atoms with van der Waals surface area (Å²) in [5.74, 6) is -0.677. The quantitative estimate of drug-likeness (QED) is 0.197. The van der Waals surface area contributed by atoms with Crippen LogP contribution in [0.2, 0.25) is 0 Å². The van der Waals surface area contributed by atoms with Crippen molar-refractivity contribution in [2.45, 2.75) is 72.1 Å². The molecule has 3 nitrogen and oxygen atoms in total. The van der Waals surface area contributed by atoms with Gasteiger partial charge in [-0.1, -0.05) is 95.6 Å². The van der Waals surface area contributed by atoms with Crippen LogP contribution in [0.1, 0.15) is 83.3 Å². The second kappa shape index (κ2) is 17.3. The molecule has 2 aromatic carbocycles. The molecule has 0 saturated carbocycles. The first-order valence-corrected chi connectivity index (χ1v) is 13.4. The lowest BCUT2D eigenvalue weighted by molar-refractivity contribution is -0.143. The van der Waals surface area contributed by atoms with Crippen LogP contribution in [-0.2, 0) is 9.53 Å². The third-order valence-electron chi connectivity index (χ3n) is 6.38. The highest BCUT2D eigenvalue weighted by Gasteiger charge is 2.23. The van der Waals surface area contributed by atoms with Crippen molar-refractivity contribution in [2.75, 3.05) is 13.2 Å². The van der Waals surface area contributed by atoms with Gasteiger partial charge >= 0.3 is 5.97 Å². The molecule has 0 radical (unpaired) electrons. The maximum atomic E-state index is 13.0. The number of esters is 1. The molecule has 0 aliphatic rings. The van der Waals surface area contributed by atoms with Gasteiger partial charge in [-0.25, -0.2) is 0 Å². The molecule has 0 heterocycles. The highest BCUT2D eigenvalue weighted by atomic mass is 16.5. The molecule has 198 valence electrons. The Hall–Kier alpha value is -3.17. The topological polar surface area (TPSA) is 46.5 Å². The fourth-order valence-electron chi connectivity index (χ4n) is 4.15. The molecule has 0 amide bonds. The molecule has 2 aromatic rings. The first kappa shape index (κ1) is 30.1. The van der Waals surface area contributed by atoms with E-state index >= 15 is 0 Å². The van der Waals surface area contributed by atoms with Gasteiger partial charge in [-0.05, 0) is 89.0 Å². The second-order valence-corrected chi connectivity index (χ2v) is 9.90. The number of allylic oxidation sites excluding steroid dienone is 6. The van der Waals surface area contributed by atoms with Crippen LogP contribution in [0.25, 0.3) is 0 Å². The zero-order valence-electron chi connectivity index (χ0n) is 23.1. The molecule has 1 N–H and O–H groups in total. The summed E-state index contributed by atoms with van der Waals surface area (Å²) >= 11 is 0. The Bertz CT molecular complexity index is 1020. The minimum Gasteiger partial charge on any atom is -0.461 e. The number of aliphatic hydroxyl groups excluding tert-OH is 1. The van der Waals surface area contributed by atoms with Gasteiger partial charge in [0.15, 0.2) is 0 Å². The Kier molecular flexibility index (Phi) is 14.1. The van der Waals surface area contributed by atoms with Crippen LogP contribution in [0.3, 0.4) is 0 Å². The Labute approximate surface area is 224 Å². The van der Waals surface area contributed by atoms with E-state index in [1.807, 2.05) is 66.7 Å². The van der Waals surface area contributed by atoms with Crippen LogP contribution in [0.5, 0.6) is 0 Å². The van der Waals surface area contributed by atoms with E-state index < -0.39 is 5.92 Å². The van der Waals surface area contributed by atoms with Gasteiger partial charge in [-0.15, -0.1) is 0 Å². The van der Waals surface area contributed by atoms with Gasteiger partial charge in [0, 0.05) is 0 Å². The van der Waals surface area contributed by atoms with Gasteiger partial charge in [-0.2, -0.15) is 0 Å². The third-order valence-corrected chi connectivity index (χ3v) is 6.38. The third kappa shape index (κ3) is 12.1. The number of carbonyl (C=O) groups is 1. The molecule has 3 heteroatoms. The molecular formula is C34H44O3. The molecule has 0 fully saturated rings. The van der Waals surface area contributed by atoms with Crippen LogP contribution in [0.15, 0.2) is 107 Å². The molecule has 0 saturated heterocycles. The number of hydrogen-bond donors (Lipinski definition) is 1. The van der Waals surface area contributed by atoms with Crippen LogP contribution >= 0.6 is 0 Å². The predicted molar refractivity (Wildman–Crippen MR) is 156 cm³/mol. The molecule has 0 aromatic heterocycles. The molecule has 2 rings (SSSR count). The maximum Gasteiger partial charge on any atom is 0.318 e. The summed E-state index contributed by atoms with van der Waals surface area (Å²) in [6.45, 7) is 8.87. The predicted octanol–water partition coefficient (Wildman–Crippen LogP) is 8.48. The van der Waals surface area contributed by atoms with Crippen LogP contribution in [-0.4, -0.2) is 24.3 Å². The van der Waals surface area contributed by atoms with Crippen molar-refractivity contribution in [3.05, 3.63) is 118 Å². The summed E-state index contributed by atoms with van der Waals surface area (Å²) in [6.07, 6.45) is 14.5. The number of aliphatic hydroxyl groups is 1. The Morgan fingerprint density at radius 2 is 1.24 bits per heavy atom. The summed E-state index contributed by atoms with van der Waals surface area (Å²) in [5, 5.41) is 9.73. The minimum atomic E-state index is -0.434. The van der Waals surface area contributed by atoms with Gasteiger partial charge in [0.1, 0.15) is 12.5 Å². The summed E-state index contributed by atoms with van der Waals surface area (Å²) in [7, 11) is 0. The first-order valence-electron chi connectivity index (χ1n) is 13.4. The molecule has 0 aliphatic heterocycles. The highest BCUT2D eigenvalue weighted by Crippen LogP contribution is 2.26. The summed E-state index contributed by atoms with van der Waals surface area (Å²) in [6, 6.07) is 19.5. The standard InChI is InChI=1S/C34H44O3/c1-27(2)14-11-15-28(3)16-12-18-30(26-35)19-13-17-29(4)24-25-37-34(36)33(31-20-7-5-8-21-31)32-22-9-6-10-23-32/h5-10,14,16,19-24,33,35H,11-13,15,17-18,25-26H2,1-4H3. The minimum absolute atomic E-state index is 0.103. The number of hydrogen-bond acceptors (Lipinski definition) is 3. The van der Waals surface area contributed by atoms with Gasteiger partial charge in [0.25, 0.3) is 0 Å². The average Bonchev–Trinajstić information content (AvgIpc) is 2.89. The normalized spacial score (nSPS) is 12.5. The van der Waals surface area contributed by atoms with Crippen LogP contribution in [0.4, 0.5) is 0 Å². The average molecular weight is 501 g/mol. The molecule has 0 atom stereocenters. The zero-order valence-corrected chi connectivity index (χ0v) is 23.1. The second-order valence-electron chi connectivity index (χ2n) is 9.90. The fraction of sp³-hybridized carbons (Fsp3) is 0.382. The SMILES string of the molecule is CC(C)=CCCC(C)=CCCC(=CCCC(C)=CCOC(=O)C(c1ccccc1)c1ccccc1)CO. The molecule has 0 bridgehead atoms. The van der Waals surface area contributed by atoms with E-state index in [2.05, 4.69) is 45.9 Å². The molecule has 0 unspecified atom stereocenters. The van der Waals surface area contributed by atoms with E-state index in [-0.39, 0.29) is 19.2 Å². The number of benzene rings is 2. The Balaban J connectivity index is 1.82. The Morgan fingerprint density at radius 1 is 0.730 bits per heavy atom. The smallest absolute Gasteiger partial charge is 0.318 e.